The molecule has 0 N–H and O–H groups in total. The number of Topliss-reactive ketones (excluding diaryl/α,β-unsaturated/α-hetero) is 1. The molecule has 0 fully saturated rings. The van der Waals surface area contributed by atoms with Gasteiger partial charge in [-0.15, -0.1) is 0 Å². The van der Waals surface area contributed by atoms with Crippen LogP contribution in [0.4, 0.5) is 5.69 Å². The van der Waals surface area contributed by atoms with E-state index in [0.717, 1.165) is 12.8 Å². The lowest BCUT2D eigenvalue weighted by Gasteiger charge is -2.07. The highest BCUT2D eigenvalue weighted by Gasteiger charge is 2.24. The van der Waals surface area contributed by atoms with Crippen molar-refractivity contribution >= 4 is 17.4 Å². The van der Waals surface area contributed by atoms with Crippen LogP contribution in [0.5, 0.6) is 0 Å². The Balaban J connectivity index is 2.65. The maximum Gasteiger partial charge on any atom is 0.340 e. The maximum absolute atomic E-state index is 11.7. The zero-order valence-electron chi connectivity index (χ0n) is 11.2. The number of nitrogens with zero attached hydrogens (tertiary/aromatic N) is 2. The number of esters is 1. The van der Waals surface area contributed by atoms with Gasteiger partial charge in [0, 0.05) is 0 Å². The van der Waals surface area contributed by atoms with E-state index in [1.165, 1.54) is 6.92 Å². The molecule has 0 aliphatic rings. The molecule has 0 radical (unpaired) electrons. The molecule has 1 rings (SSSR count). The number of azo groups is 1. The Labute approximate surface area is 112 Å². The summed E-state index contributed by atoms with van der Waals surface area (Å²) in [5, 5.41) is 7.65. The van der Waals surface area contributed by atoms with Crippen molar-refractivity contribution in [2.45, 2.75) is 32.7 Å². The van der Waals surface area contributed by atoms with E-state index in [1.54, 1.807) is 24.3 Å². The molecule has 0 saturated heterocycles. The van der Waals surface area contributed by atoms with Crippen LogP contribution >= 0.6 is 0 Å². The third kappa shape index (κ3) is 5.42. The first-order chi connectivity index (χ1) is 9.15. The van der Waals surface area contributed by atoms with Crippen molar-refractivity contribution < 1.29 is 14.3 Å². The number of hydrogen-bond donors (Lipinski definition) is 0. The fraction of sp³-hybridized carbons (Fsp3) is 0.429. The Bertz CT molecular complexity index is 443. The highest BCUT2D eigenvalue weighted by Crippen LogP contribution is 2.12. The van der Waals surface area contributed by atoms with Crippen LogP contribution in [0, 0.1) is 0 Å². The maximum atomic E-state index is 11.7. The van der Waals surface area contributed by atoms with Crippen LogP contribution in [-0.2, 0) is 14.3 Å². The number of benzene rings is 1. The van der Waals surface area contributed by atoms with Crippen LogP contribution < -0.4 is 0 Å². The molecular weight excluding hydrogens is 244 g/mol. The lowest BCUT2D eigenvalue weighted by Crippen LogP contribution is -2.28. The summed E-state index contributed by atoms with van der Waals surface area (Å²) in [5.41, 5.74) is 0.593. The van der Waals surface area contributed by atoms with E-state index in [-0.39, 0.29) is 5.78 Å². The van der Waals surface area contributed by atoms with Gasteiger partial charge < -0.3 is 4.74 Å². The minimum Gasteiger partial charge on any atom is -0.464 e. The number of rotatable bonds is 7. The molecule has 0 aliphatic carbocycles. The van der Waals surface area contributed by atoms with Crippen molar-refractivity contribution in [2.75, 3.05) is 6.61 Å². The number of carbonyl (C=O) groups excluding carboxylic acids is 2. The van der Waals surface area contributed by atoms with Crippen LogP contribution in [0.25, 0.3) is 0 Å². The van der Waals surface area contributed by atoms with Crippen LogP contribution in [0.15, 0.2) is 40.6 Å². The monoisotopic (exact) mass is 262 g/mol. The summed E-state index contributed by atoms with van der Waals surface area (Å²) in [6, 6.07) is 7.76. The van der Waals surface area contributed by atoms with Gasteiger partial charge in [0.05, 0.1) is 12.3 Å². The minimum atomic E-state index is -1.17. The fourth-order valence-electron chi connectivity index (χ4n) is 1.31. The minimum absolute atomic E-state index is 0.306. The van der Waals surface area contributed by atoms with Crippen molar-refractivity contribution in [1.29, 1.82) is 0 Å². The Hall–Kier alpha value is -2.04. The summed E-state index contributed by atoms with van der Waals surface area (Å²) < 4.78 is 4.98. The number of carbonyl (C=O) groups is 2. The molecule has 5 nitrogen and oxygen atoms in total. The SMILES string of the molecule is CCCCOC(=O)C(N=Nc1ccccc1)C(C)=O. The van der Waals surface area contributed by atoms with Gasteiger partial charge in [-0.3, -0.25) is 4.79 Å². The second kappa shape index (κ2) is 8.13. The summed E-state index contributed by atoms with van der Waals surface area (Å²) in [6.45, 7) is 3.60. The molecule has 1 aromatic carbocycles. The predicted octanol–water partition coefficient (Wildman–Crippen LogP) is 3.07. The fourth-order valence-corrected chi connectivity index (χ4v) is 1.31. The lowest BCUT2D eigenvalue weighted by atomic mass is 10.2. The summed E-state index contributed by atoms with van der Waals surface area (Å²) in [5.74, 6) is -1.01. The molecule has 0 aliphatic heterocycles. The highest BCUT2D eigenvalue weighted by atomic mass is 16.5. The topological polar surface area (TPSA) is 68.1 Å². The lowest BCUT2D eigenvalue weighted by molar-refractivity contribution is -0.147. The van der Waals surface area contributed by atoms with Crippen molar-refractivity contribution in [3.63, 3.8) is 0 Å². The summed E-state index contributed by atoms with van der Waals surface area (Å²) in [4.78, 5) is 23.1. The first-order valence-corrected chi connectivity index (χ1v) is 6.28. The van der Waals surface area contributed by atoms with Crippen LogP contribution in [0.3, 0.4) is 0 Å². The standard InChI is InChI=1S/C14H18N2O3/c1-3-4-10-19-14(18)13(11(2)17)16-15-12-8-6-5-7-9-12/h5-9,13H,3-4,10H2,1-2H3. The first kappa shape index (κ1) is 15.0. The van der Waals surface area contributed by atoms with Crippen molar-refractivity contribution in [2.24, 2.45) is 10.2 Å². The molecule has 1 aromatic rings. The van der Waals surface area contributed by atoms with Crippen LogP contribution in [0.2, 0.25) is 0 Å². The summed E-state index contributed by atoms with van der Waals surface area (Å²) in [6.07, 6.45) is 1.69. The van der Waals surface area contributed by atoms with Crippen LogP contribution in [-0.4, -0.2) is 24.4 Å². The molecule has 0 saturated carbocycles. The van der Waals surface area contributed by atoms with Gasteiger partial charge in [-0.1, -0.05) is 31.5 Å². The van der Waals surface area contributed by atoms with E-state index in [0.29, 0.717) is 12.3 Å². The zero-order chi connectivity index (χ0) is 14.1. The van der Waals surface area contributed by atoms with Gasteiger partial charge in [0.15, 0.2) is 5.78 Å². The molecule has 1 unspecified atom stereocenters. The highest BCUT2D eigenvalue weighted by molar-refractivity contribution is 6.02. The van der Waals surface area contributed by atoms with Gasteiger partial charge in [0.1, 0.15) is 0 Å². The van der Waals surface area contributed by atoms with Crippen molar-refractivity contribution in [1.82, 2.24) is 0 Å². The third-order valence-electron chi connectivity index (χ3n) is 2.40. The smallest absolute Gasteiger partial charge is 0.340 e. The van der Waals surface area contributed by atoms with E-state index < -0.39 is 12.0 Å². The van der Waals surface area contributed by atoms with E-state index in [4.69, 9.17) is 4.74 Å². The van der Waals surface area contributed by atoms with Crippen molar-refractivity contribution in [3.8, 4) is 0 Å². The molecule has 102 valence electrons. The van der Waals surface area contributed by atoms with E-state index in [9.17, 15) is 9.59 Å². The largest absolute Gasteiger partial charge is 0.464 e. The second-order valence-corrected chi connectivity index (χ2v) is 4.09. The van der Waals surface area contributed by atoms with E-state index in [2.05, 4.69) is 10.2 Å². The zero-order valence-corrected chi connectivity index (χ0v) is 11.2. The Morgan fingerprint density at radius 2 is 1.95 bits per heavy atom. The Kier molecular flexibility index (Phi) is 6.43. The van der Waals surface area contributed by atoms with Gasteiger partial charge in [-0.2, -0.15) is 10.2 Å². The first-order valence-electron chi connectivity index (χ1n) is 6.28. The van der Waals surface area contributed by atoms with Gasteiger partial charge in [0.25, 0.3) is 0 Å². The van der Waals surface area contributed by atoms with Gasteiger partial charge in [-0.05, 0) is 25.5 Å². The second-order valence-electron chi connectivity index (χ2n) is 4.09. The van der Waals surface area contributed by atoms with E-state index >= 15 is 0 Å². The predicted molar refractivity (Wildman–Crippen MR) is 71.3 cm³/mol. The summed E-state index contributed by atoms with van der Waals surface area (Å²) >= 11 is 0. The molecule has 19 heavy (non-hydrogen) atoms. The van der Waals surface area contributed by atoms with E-state index in [1.807, 2.05) is 13.0 Å². The normalized spacial score (nSPS) is 12.3. The van der Waals surface area contributed by atoms with Gasteiger partial charge in [0.2, 0.25) is 6.04 Å². The number of ether oxygens (including phenoxy) is 1. The van der Waals surface area contributed by atoms with Crippen molar-refractivity contribution in [3.05, 3.63) is 30.3 Å². The molecule has 0 spiro atoms. The molecule has 0 amide bonds. The summed E-state index contributed by atoms with van der Waals surface area (Å²) in [7, 11) is 0. The number of hydrogen-bond acceptors (Lipinski definition) is 5. The third-order valence-corrected chi connectivity index (χ3v) is 2.40. The number of unbranched alkanes of at least 4 members (excludes halogenated alkanes) is 1. The molecular formula is C14H18N2O3. The molecule has 5 heteroatoms. The average Bonchev–Trinajstić information content (AvgIpc) is 2.40. The quantitative estimate of drug-likeness (QED) is 0.328. The van der Waals surface area contributed by atoms with Gasteiger partial charge >= 0.3 is 5.97 Å². The average molecular weight is 262 g/mol. The Morgan fingerprint density at radius 1 is 1.26 bits per heavy atom. The number of ketones is 1. The molecule has 0 bridgehead atoms. The molecule has 1 atom stereocenters. The van der Waals surface area contributed by atoms with Crippen LogP contribution in [0.1, 0.15) is 26.7 Å². The van der Waals surface area contributed by atoms with Gasteiger partial charge in [-0.25, -0.2) is 4.79 Å². The molecule has 0 aromatic heterocycles. The Morgan fingerprint density at radius 3 is 2.53 bits per heavy atom. The molecule has 0 heterocycles.